The SMILES string of the molecule is Cc1c[c]n[c]n1. The van der Waals surface area contributed by atoms with Crippen molar-refractivity contribution >= 4 is 0 Å². The molecule has 0 saturated carbocycles. The molecule has 34 valence electrons. The molecule has 1 aromatic rings. The molecule has 0 aliphatic carbocycles. The summed E-state index contributed by atoms with van der Waals surface area (Å²) in [5.74, 6) is 0. The Balaban J connectivity index is 3.02. The van der Waals surface area contributed by atoms with Crippen molar-refractivity contribution in [3.8, 4) is 0 Å². The second kappa shape index (κ2) is 1.69. The topological polar surface area (TPSA) is 25.8 Å². The van der Waals surface area contributed by atoms with Gasteiger partial charge in [-0.05, 0) is 13.0 Å². The first-order valence-corrected chi connectivity index (χ1v) is 1.97. The lowest BCUT2D eigenvalue weighted by molar-refractivity contribution is 1.08. The van der Waals surface area contributed by atoms with Gasteiger partial charge >= 0.3 is 0 Å². The van der Waals surface area contributed by atoms with E-state index < -0.39 is 0 Å². The fourth-order valence-electron chi connectivity index (χ4n) is 0.291. The van der Waals surface area contributed by atoms with E-state index in [4.69, 9.17) is 0 Å². The van der Waals surface area contributed by atoms with Crippen molar-refractivity contribution < 1.29 is 0 Å². The van der Waals surface area contributed by atoms with Crippen LogP contribution in [0.2, 0.25) is 0 Å². The van der Waals surface area contributed by atoms with Crippen LogP contribution in [0.3, 0.4) is 0 Å². The third-order valence-electron chi connectivity index (χ3n) is 0.614. The second-order valence-electron chi connectivity index (χ2n) is 1.24. The summed E-state index contributed by atoms with van der Waals surface area (Å²) in [5.41, 5.74) is 0.898. The van der Waals surface area contributed by atoms with Gasteiger partial charge in [0.2, 0.25) is 0 Å². The van der Waals surface area contributed by atoms with Crippen LogP contribution in [0.4, 0.5) is 0 Å². The van der Waals surface area contributed by atoms with Crippen molar-refractivity contribution in [3.05, 3.63) is 24.3 Å². The van der Waals surface area contributed by atoms with E-state index in [0.29, 0.717) is 0 Å². The van der Waals surface area contributed by atoms with Gasteiger partial charge in [-0.2, -0.15) is 0 Å². The molecule has 2 nitrogen and oxygen atoms in total. The van der Waals surface area contributed by atoms with Gasteiger partial charge in [-0.15, -0.1) is 0 Å². The maximum Gasteiger partial charge on any atom is 0.198 e. The third-order valence-corrected chi connectivity index (χ3v) is 0.614. The van der Waals surface area contributed by atoms with Crippen LogP contribution in [0.15, 0.2) is 6.07 Å². The van der Waals surface area contributed by atoms with Crippen LogP contribution < -0.4 is 0 Å². The summed E-state index contributed by atoms with van der Waals surface area (Å²) in [4.78, 5) is 7.20. The Morgan fingerprint density at radius 2 is 2.57 bits per heavy atom. The molecule has 0 fully saturated rings. The summed E-state index contributed by atoms with van der Waals surface area (Å²) in [7, 11) is 0. The summed E-state index contributed by atoms with van der Waals surface area (Å²) >= 11 is 0. The fraction of sp³-hybridized carbons (Fsp3) is 0.200. The maximum atomic E-state index is 3.71. The minimum atomic E-state index is 0.898. The minimum Gasteiger partial charge on any atom is -0.231 e. The van der Waals surface area contributed by atoms with Crippen molar-refractivity contribution in [1.82, 2.24) is 9.97 Å². The summed E-state index contributed by atoms with van der Waals surface area (Å²) in [6.07, 6.45) is 5.00. The zero-order valence-electron chi connectivity index (χ0n) is 3.97. The zero-order valence-corrected chi connectivity index (χ0v) is 3.97. The second-order valence-corrected chi connectivity index (χ2v) is 1.24. The molecule has 0 aliphatic rings. The quantitative estimate of drug-likeness (QED) is 0.462. The van der Waals surface area contributed by atoms with Crippen molar-refractivity contribution in [1.29, 1.82) is 0 Å². The number of aryl methyl sites for hydroxylation is 1. The molecule has 7 heavy (non-hydrogen) atoms. The molecule has 1 heterocycles. The van der Waals surface area contributed by atoms with Gasteiger partial charge in [0.05, 0.1) is 6.20 Å². The number of rotatable bonds is 0. The summed E-state index contributed by atoms with van der Waals surface area (Å²) in [6.45, 7) is 1.87. The number of hydrogen-bond acceptors (Lipinski definition) is 2. The molecule has 0 atom stereocenters. The molecule has 1 rings (SSSR count). The lowest BCUT2D eigenvalue weighted by Gasteiger charge is -1.79. The van der Waals surface area contributed by atoms with Crippen LogP contribution in [-0.4, -0.2) is 9.97 Å². The zero-order chi connectivity index (χ0) is 5.11. The summed E-state index contributed by atoms with van der Waals surface area (Å²) < 4.78 is 0. The van der Waals surface area contributed by atoms with Crippen LogP contribution in [-0.2, 0) is 0 Å². The Labute approximate surface area is 42.2 Å². The van der Waals surface area contributed by atoms with Crippen molar-refractivity contribution in [2.75, 3.05) is 0 Å². The first-order valence-electron chi connectivity index (χ1n) is 1.97. The molecular weight excluding hydrogens is 88.1 g/mol. The standard InChI is InChI=1S/C5H4N2/c1-5-2-3-6-4-7-5/h2H,1H3. The lowest BCUT2D eigenvalue weighted by Crippen LogP contribution is -1.78. The van der Waals surface area contributed by atoms with Gasteiger partial charge in [0.1, 0.15) is 0 Å². The van der Waals surface area contributed by atoms with Crippen LogP contribution >= 0.6 is 0 Å². The normalized spacial score (nSPS) is 8.71. The van der Waals surface area contributed by atoms with Crippen LogP contribution in [0.5, 0.6) is 0 Å². The highest BCUT2D eigenvalue weighted by Crippen LogP contribution is 1.80. The first kappa shape index (κ1) is 4.24. The van der Waals surface area contributed by atoms with Crippen LogP contribution in [0.25, 0.3) is 0 Å². The molecule has 0 bridgehead atoms. The van der Waals surface area contributed by atoms with E-state index in [1.807, 2.05) is 6.92 Å². The predicted molar refractivity (Wildman–Crippen MR) is 24.4 cm³/mol. The van der Waals surface area contributed by atoms with Gasteiger partial charge in [0.15, 0.2) is 6.33 Å². The van der Waals surface area contributed by atoms with E-state index in [0.717, 1.165) is 5.69 Å². The highest BCUT2D eigenvalue weighted by molar-refractivity contribution is 4.90. The molecule has 0 aliphatic heterocycles. The summed E-state index contributed by atoms with van der Waals surface area (Å²) in [5, 5.41) is 0. The highest BCUT2D eigenvalue weighted by Gasteiger charge is 1.76. The Hall–Kier alpha value is -0.920. The van der Waals surface area contributed by atoms with Gasteiger partial charge in [0.25, 0.3) is 0 Å². The monoisotopic (exact) mass is 92.0 g/mol. The van der Waals surface area contributed by atoms with Gasteiger partial charge in [-0.25, -0.2) is 9.97 Å². The molecule has 0 amide bonds. The van der Waals surface area contributed by atoms with Crippen molar-refractivity contribution in [3.63, 3.8) is 0 Å². The average Bonchev–Trinajstić information content (AvgIpc) is 1.69. The van der Waals surface area contributed by atoms with Gasteiger partial charge in [-0.3, -0.25) is 0 Å². The average molecular weight is 92.1 g/mol. The third kappa shape index (κ3) is 0.961. The molecule has 0 aromatic carbocycles. The van der Waals surface area contributed by atoms with Gasteiger partial charge in [0, 0.05) is 5.69 Å². The van der Waals surface area contributed by atoms with Crippen LogP contribution in [0, 0.1) is 19.4 Å². The molecule has 2 heteroatoms. The van der Waals surface area contributed by atoms with Gasteiger partial charge in [-0.1, -0.05) is 0 Å². The van der Waals surface area contributed by atoms with Crippen molar-refractivity contribution in [2.24, 2.45) is 0 Å². The fourth-order valence-corrected chi connectivity index (χ4v) is 0.291. The number of nitrogens with zero attached hydrogens (tertiary/aromatic N) is 2. The van der Waals surface area contributed by atoms with E-state index in [1.165, 1.54) is 0 Å². The molecule has 2 radical (unpaired) electrons. The largest absolute Gasteiger partial charge is 0.231 e. The van der Waals surface area contributed by atoms with E-state index in [2.05, 4.69) is 22.5 Å². The number of aromatic nitrogens is 2. The van der Waals surface area contributed by atoms with Crippen LogP contribution in [0.1, 0.15) is 5.69 Å². The van der Waals surface area contributed by atoms with E-state index in [9.17, 15) is 0 Å². The molecule has 0 unspecified atom stereocenters. The number of hydrogen-bond donors (Lipinski definition) is 0. The van der Waals surface area contributed by atoms with E-state index >= 15 is 0 Å². The molecule has 0 N–H and O–H groups in total. The molecule has 1 aromatic heterocycles. The summed E-state index contributed by atoms with van der Waals surface area (Å²) in [6, 6.07) is 1.70. The Morgan fingerprint density at radius 1 is 1.71 bits per heavy atom. The first-order chi connectivity index (χ1) is 3.39. The van der Waals surface area contributed by atoms with E-state index in [-0.39, 0.29) is 0 Å². The van der Waals surface area contributed by atoms with Crippen molar-refractivity contribution in [2.45, 2.75) is 6.92 Å². The maximum absolute atomic E-state index is 3.71. The Bertz CT molecular complexity index is 136. The predicted octanol–water partition coefficient (Wildman–Crippen LogP) is 0.385. The smallest absolute Gasteiger partial charge is 0.198 e. The van der Waals surface area contributed by atoms with Gasteiger partial charge < -0.3 is 0 Å². The Morgan fingerprint density at radius 3 is 2.86 bits per heavy atom. The lowest BCUT2D eigenvalue weighted by atomic mass is 10.5. The molecular formula is C5H4N2. The minimum absolute atomic E-state index is 0.898. The Kier molecular flexibility index (Phi) is 1.02. The molecule has 0 saturated heterocycles. The highest BCUT2D eigenvalue weighted by atomic mass is 14.8. The van der Waals surface area contributed by atoms with E-state index in [1.54, 1.807) is 6.07 Å². The molecule has 0 spiro atoms.